The van der Waals surface area contributed by atoms with Crippen molar-refractivity contribution in [3.63, 3.8) is 0 Å². The van der Waals surface area contributed by atoms with Crippen LogP contribution in [0, 0.1) is 5.92 Å². The number of nitrogens with two attached hydrogens (primary N) is 1. The molecule has 3 nitrogen and oxygen atoms in total. The van der Waals surface area contributed by atoms with Crippen LogP contribution >= 0.6 is 11.8 Å². The molecule has 0 rings (SSSR count). The zero-order valence-corrected chi connectivity index (χ0v) is 8.43. The van der Waals surface area contributed by atoms with Crippen molar-refractivity contribution in [2.75, 3.05) is 11.5 Å². The van der Waals surface area contributed by atoms with Crippen LogP contribution in [-0.2, 0) is 4.79 Å². The van der Waals surface area contributed by atoms with Gasteiger partial charge in [-0.2, -0.15) is 11.8 Å². The third kappa shape index (κ3) is 6.49. The highest BCUT2D eigenvalue weighted by Crippen LogP contribution is 2.09. The summed E-state index contributed by atoms with van der Waals surface area (Å²) in [6.45, 7) is 4.30. The number of rotatable bonds is 6. The molecule has 0 bridgehead atoms. The fraction of sp³-hybridized carbons (Fsp3) is 0.875. The summed E-state index contributed by atoms with van der Waals surface area (Å²) in [5.41, 5.74) is 5.31. The van der Waals surface area contributed by atoms with Crippen molar-refractivity contribution in [1.29, 1.82) is 0 Å². The Balaban J connectivity index is 3.25. The SMILES string of the molecule is CC(C)CCSCC(N)C(=O)O. The Morgan fingerprint density at radius 2 is 2.17 bits per heavy atom. The molecule has 0 saturated carbocycles. The van der Waals surface area contributed by atoms with Crippen LogP contribution in [-0.4, -0.2) is 28.6 Å². The number of carbonyl (C=O) groups is 1. The first-order valence-electron chi connectivity index (χ1n) is 4.10. The minimum absolute atomic E-state index is 0.516. The van der Waals surface area contributed by atoms with Gasteiger partial charge in [0.15, 0.2) is 0 Å². The summed E-state index contributed by atoms with van der Waals surface area (Å²) in [5, 5.41) is 8.45. The molecule has 0 aliphatic heterocycles. The van der Waals surface area contributed by atoms with Crippen LogP contribution in [0.3, 0.4) is 0 Å². The van der Waals surface area contributed by atoms with Crippen LogP contribution < -0.4 is 5.73 Å². The molecule has 0 amide bonds. The average Bonchev–Trinajstić information content (AvgIpc) is 1.97. The zero-order chi connectivity index (χ0) is 9.56. The normalized spacial score (nSPS) is 13.3. The predicted octanol–water partition coefficient (Wildman–Crippen LogP) is 1.18. The highest BCUT2D eigenvalue weighted by molar-refractivity contribution is 7.99. The van der Waals surface area contributed by atoms with E-state index < -0.39 is 12.0 Å². The minimum atomic E-state index is -0.910. The fourth-order valence-electron chi connectivity index (χ4n) is 0.601. The summed E-state index contributed by atoms with van der Waals surface area (Å²) in [5.74, 6) is 1.28. The molecule has 1 unspecified atom stereocenters. The van der Waals surface area contributed by atoms with Gasteiger partial charge in [0.2, 0.25) is 0 Å². The van der Waals surface area contributed by atoms with Gasteiger partial charge in [0.25, 0.3) is 0 Å². The maximum atomic E-state index is 10.3. The molecule has 0 saturated heterocycles. The Hall–Kier alpha value is -0.220. The van der Waals surface area contributed by atoms with E-state index in [0.717, 1.165) is 12.2 Å². The van der Waals surface area contributed by atoms with Crippen molar-refractivity contribution in [2.24, 2.45) is 11.7 Å². The van der Waals surface area contributed by atoms with Crippen LogP contribution in [0.1, 0.15) is 20.3 Å². The standard InChI is InChI=1S/C8H17NO2S/c1-6(2)3-4-12-5-7(9)8(10)11/h6-7H,3-5,9H2,1-2H3,(H,10,11). The Morgan fingerprint density at radius 3 is 2.58 bits per heavy atom. The van der Waals surface area contributed by atoms with Crippen LogP contribution in [0.25, 0.3) is 0 Å². The Morgan fingerprint density at radius 1 is 1.58 bits per heavy atom. The van der Waals surface area contributed by atoms with E-state index in [1.54, 1.807) is 11.8 Å². The fourth-order valence-corrected chi connectivity index (χ4v) is 1.80. The Labute approximate surface area is 77.7 Å². The maximum absolute atomic E-state index is 10.3. The van der Waals surface area contributed by atoms with E-state index in [9.17, 15) is 4.79 Å². The highest BCUT2D eigenvalue weighted by atomic mass is 32.2. The van der Waals surface area contributed by atoms with Gasteiger partial charge in [-0.3, -0.25) is 4.79 Å². The second-order valence-electron chi connectivity index (χ2n) is 3.20. The molecule has 1 atom stereocenters. The van der Waals surface area contributed by atoms with E-state index in [1.807, 2.05) is 0 Å². The monoisotopic (exact) mass is 191 g/mol. The van der Waals surface area contributed by atoms with Crippen LogP contribution in [0.5, 0.6) is 0 Å². The number of carboxylic acids is 1. The molecule has 0 heterocycles. The van der Waals surface area contributed by atoms with E-state index in [-0.39, 0.29) is 0 Å². The predicted molar refractivity (Wildman–Crippen MR) is 52.4 cm³/mol. The molecule has 72 valence electrons. The third-order valence-electron chi connectivity index (χ3n) is 1.45. The van der Waals surface area contributed by atoms with Crippen molar-refractivity contribution < 1.29 is 9.90 Å². The molecule has 0 aliphatic rings. The lowest BCUT2D eigenvalue weighted by atomic mass is 10.2. The number of hydrogen-bond donors (Lipinski definition) is 2. The van der Waals surface area contributed by atoms with Crippen molar-refractivity contribution in [1.82, 2.24) is 0 Å². The van der Waals surface area contributed by atoms with Crippen molar-refractivity contribution >= 4 is 17.7 Å². The first kappa shape index (κ1) is 11.8. The Bertz CT molecular complexity index is 139. The van der Waals surface area contributed by atoms with Gasteiger partial charge >= 0.3 is 5.97 Å². The Kier molecular flexibility index (Phi) is 6.20. The van der Waals surface area contributed by atoms with E-state index in [4.69, 9.17) is 10.8 Å². The summed E-state index contributed by atoms with van der Waals surface area (Å²) in [6, 6.07) is -0.706. The van der Waals surface area contributed by atoms with Gasteiger partial charge in [-0.05, 0) is 18.1 Å². The number of thioether (sulfide) groups is 1. The molecule has 3 N–H and O–H groups in total. The molecule has 0 radical (unpaired) electrons. The minimum Gasteiger partial charge on any atom is -0.480 e. The summed E-state index contributed by atoms with van der Waals surface area (Å²) < 4.78 is 0. The highest BCUT2D eigenvalue weighted by Gasteiger charge is 2.10. The molecule has 12 heavy (non-hydrogen) atoms. The summed E-state index contributed by atoms with van der Waals surface area (Å²) in [4.78, 5) is 10.3. The first-order chi connectivity index (χ1) is 5.54. The lowest BCUT2D eigenvalue weighted by Crippen LogP contribution is -2.32. The lowest BCUT2D eigenvalue weighted by molar-refractivity contribution is -0.137. The largest absolute Gasteiger partial charge is 0.480 e. The van der Waals surface area contributed by atoms with Gasteiger partial charge in [0, 0.05) is 5.75 Å². The summed E-state index contributed by atoms with van der Waals surface area (Å²) in [6.07, 6.45) is 1.12. The smallest absolute Gasteiger partial charge is 0.321 e. The first-order valence-corrected chi connectivity index (χ1v) is 5.25. The van der Waals surface area contributed by atoms with Gasteiger partial charge < -0.3 is 10.8 Å². The second-order valence-corrected chi connectivity index (χ2v) is 4.35. The van der Waals surface area contributed by atoms with E-state index in [0.29, 0.717) is 11.7 Å². The van der Waals surface area contributed by atoms with Gasteiger partial charge in [-0.15, -0.1) is 0 Å². The topological polar surface area (TPSA) is 63.3 Å². The van der Waals surface area contributed by atoms with Crippen LogP contribution in [0.4, 0.5) is 0 Å². The van der Waals surface area contributed by atoms with Crippen molar-refractivity contribution in [3.05, 3.63) is 0 Å². The molecule has 0 aromatic rings. The molecule has 0 aromatic heterocycles. The van der Waals surface area contributed by atoms with E-state index >= 15 is 0 Å². The van der Waals surface area contributed by atoms with Gasteiger partial charge in [-0.1, -0.05) is 13.8 Å². The average molecular weight is 191 g/mol. The lowest BCUT2D eigenvalue weighted by Gasteiger charge is -2.06. The molecule has 0 spiro atoms. The van der Waals surface area contributed by atoms with Crippen molar-refractivity contribution in [3.8, 4) is 0 Å². The van der Waals surface area contributed by atoms with Gasteiger partial charge in [-0.25, -0.2) is 0 Å². The molecular formula is C8H17NO2S. The summed E-state index contributed by atoms with van der Waals surface area (Å²) in [7, 11) is 0. The molecule has 0 fully saturated rings. The zero-order valence-electron chi connectivity index (χ0n) is 7.62. The quantitative estimate of drug-likeness (QED) is 0.619. The van der Waals surface area contributed by atoms with E-state index in [2.05, 4.69) is 13.8 Å². The van der Waals surface area contributed by atoms with Crippen molar-refractivity contribution in [2.45, 2.75) is 26.3 Å². The van der Waals surface area contributed by atoms with E-state index in [1.165, 1.54) is 0 Å². The van der Waals surface area contributed by atoms with Crippen LogP contribution in [0.15, 0.2) is 0 Å². The molecule has 0 aliphatic carbocycles. The summed E-state index contributed by atoms with van der Waals surface area (Å²) >= 11 is 1.61. The number of hydrogen-bond acceptors (Lipinski definition) is 3. The van der Waals surface area contributed by atoms with Gasteiger partial charge in [0.05, 0.1) is 0 Å². The maximum Gasteiger partial charge on any atom is 0.321 e. The molecule has 4 heteroatoms. The second kappa shape index (κ2) is 6.31. The number of aliphatic carboxylic acids is 1. The third-order valence-corrected chi connectivity index (χ3v) is 2.57. The van der Waals surface area contributed by atoms with Crippen LogP contribution in [0.2, 0.25) is 0 Å². The van der Waals surface area contributed by atoms with Gasteiger partial charge in [0.1, 0.15) is 6.04 Å². The molecule has 0 aromatic carbocycles. The molecular weight excluding hydrogens is 174 g/mol. The number of carboxylic acid groups (broad SMARTS) is 1.